The van der Waals surface area contributed by atoms with Gasteiger partial charge < -0.3 is 15.1 Å². The quantitative estimate of drug-likeness (QED) is 0.393. The van der Waals surface area contributed by atoms with E-state index in [4.69, 9.17) is 0 Å². The van der Waals surface area contributed by atoms with Gasteiger partial charge in [-0.05, 0) is 61.0 Å². The van der Waals surface area contributed by atoms with Crippen molar-refractivity contribution in [2.75, 3.05) is 44.2 Å². The van der Waals surface area contributed by atoms with Crippen molar-refractivity contribution in [2.24, 2.45) is 0 Å². The van der Waals surface area contributed by atoms with Crippen LogP contribution in [0.25, 0.3) is 0 Å². The second-order valence-electron chi connectivity index (χ2n) is 11.0. The second-order valence-corrected chi connectivity index (χ2v) is 12.0. The summed E-state index contributed by atoms with van der Waals surface area (Å²) in [5, 5.41) is 5.33. The molecule has 3 aliphatic rings. The van der Waals surface area contributed by atoms with Crippen LogP contribution in [0.1, 0.15) is 64.9 Å². The number of nitrogens with one attached hydrogen (secondary N) is 1. The van der Waals surface area contributed by atoms with Crippen LogP contribution < -0.4 is 10.2 Å². The maximum Gasteiger partial charge on any atom is 0.254 e. The summed E-state index contributed by atoms with van der Waals surface area (Å²) in [7, 11) is 0. The van der Waals surface area contributed by atoms with E-state index in [9.17, 15) is 9.59 Å². The van der Waals surface area contributed by atoms with Gasteiger partial charge in [-0.1, -0.05) is 55.3 Å². The molecular formula is C32H38N4O2S. The zero-order valence-corrected chi connectivity index (χ0v) is 23.3. The van der Waals surface area contributed by atoms with Gasteiger partial charge in [0.2, 0.25) is 5.91 Å². The van der Waals surface area contributed by atoms with Gasteiger partial charge in [0.15, 0.2) is 0 Å². The zero-order chi connectivity index (χ0) is 26.6. The molecule has 1 N–H and O–H groups in total. The van der Waals surface area contributed by atoms with Crippen molar-refractivity contribution in [3.63, 3.8) is 0 Å². The molecule has 2 atom stereocenters. The third-order valence-electron chi connectivity index (χ3n) is 8.66. The van der Waals surface area contributed by atoms with Crippen molar-refractivity contribution in [2.45, 2.75) is 50.1 Å². The van der Waals surface area contributed by atoms with E-state index in [-0.39, 0.29) is 23.9 Å². The highest BCUT2D eigenvalue weighted by Crippen LogP contribution is 2.47. The van der Waals surface area contributed by atoms with Crippen molar-refractivity contribution in [1.29, 1.82) is 0 Å². The van der Waals surface area contributed by atoms with Gasteiger partial charge in [0.05, 0.1) is 12.0 Å². The highest BCUT2D eigenvalue weighted by molar-refractivity contribution is 7.10. The summed E-state index contributed by atoms with van der Waals surface area (Å²) in [4.78, 5) is 35.8. The van der Waals surface area contributed by atoms with Crippen molar-refractivity contribution >= 4 is 28.8 Å². The lowest BCUT2D eigenvalue weighted by Crippen LogP contribution is -2.51. The van der Waals surface area contributed by atoms with Crippen molar-refractivity contribution in [1.82, 2.24) is 15.1 Å². The first kappa shape index (κ1) is 26.1. The van der Waals surface area contributed by atoms with E-state index < -0.39 is 5.92 Å². The van der Waals surface area contributed by atoms with Gasteiger partial charge in [0.25, 0.3) is 5.91 Å². The molecule has 6 nitrogen and oxygen atoms in total. The number of carbonyl (C=O) groups excluding carboxylic acids is 2. The standard InChI is InChI=1S/C32H38N4O2S/c37-31(33-17-9-18-34-19-21-35(22-20-34)24-10-2-1-3-11-24)29-26-14-6-7-15-27(26)32(38)36(25-12-4-5-13-25)30(29)28-16-8-23-39-28/h1-3,6-8,10-11,14-16,23,25,29-30H,4-5,9,12-13,17-22H2,(H,33,37)/t29-,30-/m0/s1. The van der Waals surface area contributed by atoms with Gasteiger partial charge in [-0.2, -0.15) is 0 Å². The van der Waals surface area contributed by atoms with Crippen LogP contribution in [-0.4, -0.2) is 66.9 Å². The number of anilines is 1. The van der Waals surface area contributed by atoms with E-state index in [1.165, 1.54) is 5.69 Å². The Balaban J connectivity index is 1.12. The first-order chi connectivity index (χ1) is 19.2. The Morgan fingerprint density at radius 2 is 1.64 bits per heavy atom. The smallest absolute Gasteiger partial charge is 0.254 e. The Morgan fingerprint density at radius 1 is 0.897 bits per heavy atom. The predicted octanol–water partition coefficient (Wildman–Crippen LogP) is 5.30. The lowest BCUT2D eigenvalue weighted by Gasteiger charge is -2.44. The average Bonchev–Trinajstić information content (AvgIpc) is 3.71. The van der Waals surface area contributed by atoms with Crippen LogP contribution in [0.15, 0.2) is 72.1 Å². The molecule has 1 saturated heterocycles. The van der Waals surface area contributed by atoms with Gasteiger partial charge in [-0.3, -0.25) is 14.5 Å². The number of para-hydroxylation sites is 1. The lowest BCUT2D eigenvalue weighted by atomic mass is 9.80. The molecule has 0 spiro atoms. The van der Waals surface area contributed by atoms with Gasteiger partial charge in [-0.15, -0.1) is 11.3 Å². The summed E-state index contributed by atoms with van der Waals surface area (Å²) in [5.41, 5.74) is 2.85. The van der Waals surface area contributed by atoms with Crippen LogP contribution in [0.4, 0.5) is 5.69 Å². The van der Waals surface area contributed by atoms with Crippen molar-refractivity contribution in [3.8, 4) is 0 Å². The topological polar surface area (TPSA) is 55.9 Å². The van der Waals surface area contributed by atoms with Crippen molar-refractivity contribution < 1.29 is 9.59 Å². The molecular weight excluding hydrogens is 504 g/mol. The molecule has 0 unspecified atom stereocenters. The molecule has 1 saturated carbocycles. The number of thiophene rings is 1. The Hall–Kier alpha value is -3.16. The predicted molar refractivity (Wildman–Crippen MR) is 157 cm³/mol. The van der Waals surface area contributed by atoms with Gasteiger partial charge in [0, 0.05) is 54.9 Å². The van der Waals surface area contributed by atoms with Crippen LogP contribution in [0, 0.1) is 0 Å². The Bertz CT molecular complexity index is 1250. The maximum absolute atomic E-state index is 13.9. The van der Waals surface area contributed by atoms with Crippen LogP contribution in [0.2, 0.25) is 0 Å². The number of hydrogen-bond acceptors (Lipinski definition) is 5. The molecule has 3 heterocycles. The molecule has 7 heteroatoms. The molecule has 1 aliphatic carbocycles. The third-order valence-corrected chi connectivity index (χ3v) is 9.60. The number of fused-ring (bicyclic) bond motifs is 1. The normalized spacial score (nSPS) is 22.2. The molecule has 0 radical (unpaired) electrons. The van der Waals surface area contributed by atoms with Crippen molar-refractivity contribution in [3.05, 3.63) is 88.1 Å². The molecule has 3 aromatic rings. The largest absolute Gasteiger partial charge is 0.369 e. The molecule has 204 valence electrons. The van der Waals surface area contributed by atoms with Gasteiger partial charge >= 0.3 is 0 Å². The zero-order valence-electron chi connectivity index (χ0n) is 22.5. The highest BCUT2D eigenvalue weighted by atomic mass is 32.1. The first-order valence-electron chi connectivity index (χ1n) is 14.5. The molecule has 6 rings (SSSR count). The number of amides is 2. The van der Waals surface area contributed by atoms with E-state index in [2.05, 4.69) is 61.8 Å². The first-order valence-corrected chi connectivity index (χ1v) is 15.3. The van der Waals surface area contributed by atoms with E-state index in [1.807, 2.05) is 30.3 Å². The van der Waals surface area contributed by atoms with E-state index >= 15 is 0 Å². The Labute approximate surface area is 235 Å². The number of carbonyl (C=O) groups is 2. The minimum Gasteiger partial charge on any atom is -0.369 e. The van der Waals surface area contributed by atoms with Gasteiger partial charge in [0.1, 0.15) is 0 Å². The molecule has 39 heavy (non-hydrogen) atoms. The minimum absolute atomic E-state index is 0.0326. The summed E-state index contributed by atoms with van der Waals surface area (Å²) in [6.45, 7) is 5.76. The summed E-state index contributed by atoms with van der Waals surface area (Å²) in [5.74, 6) is -0.285. The van der Waals surface area contributed by atoms with Crippen LogP contribution in [0.3, 0.4) is 0 Å². The lowest BCUT2D eigenvalue weighted by molar-refractivity contribution is -0.124. The second kappa shape index (κ2) is 11.9. The summed E-state index contributed by atoms with van der Waals surface area (Å²) in [6.07, 6.45) is 5.23. The third kappa shape index (κ3) is 5.48. The summed E-state index contributed by atoms with van der Waals surface area (Å²) in [6, 6.07) is 22.4. The fourth-order valence-electron chi connectivity index (χ4n) is 6.67. The van der Waals surface area contributed by atoms with Crippen LogP contribution in [0.5, 0.6) is 0 Å². The Morgan fingerprint density at radius 3 is 2.38 bits per heavy atom. The molecule has 0 bridgehead atoms. The van der Waals surface area contributed by atoms with E-state index in [0.717, 1.165) is 75.3 Å². The van der Waals surface area contributed by atoms with E-state index in [0.29, 0.717) is 12.1 Å². The number of piperazine rings is 1. The monoisotopic (exact) mass is 542 g/mol. The molecule has 1 aromatic heterocycles. The number of rotatable bonds is 8. The van der Waals surface area contributed by atoms with E-state index in [1.54, 1.807) is 11.3 Å². The van der Waals surface area contributed by atoms with Crippen LogP contribution >= 0.6 is 11.3 Å². The summed E-state index contributed by atoms with van der Waals surface area (Å²) >= 11 is 1.65. The number of hydrogen-bond donors (Lipinski definition) is 1. The molecule has 2 fully saturated rings. The fourth-order valence-corrected chi connectivity index (χ4v) is 7.53. The minimum atomic E-state index is -0.396. The SMILES string of the molecule is O=C(NCCCN1CCN(c2ccccc2)CC1)[C@H]1c2ccccc2C(=O)N(C2CCCC2)[C@H]1c1cccs1. The maximum atomic E-state index is 13.9. The number of nitrogens with zero attached hydrogens (tertiary/aromatic N) is 3. The molecule has 2 aliphatic heterocycles. The van der Waals surface area contributed by atoms with Crippen LogP contribution in [-0.2, 0) is 4.79 Å². The average molecular weight is 543 g/mol. The number of benzene rings is 2. The summed E-state index contributed by atoms with van der Waals surface area (Å²) < 4.78 is 0. The van der Waals surface area contributed by atoms with Gasteiger partial charge in [-0.25, -0.2) is 0 Å². The Kier molecular flexibility index (Phi) is 7.98. The molecule has 2 amide bonds. The molecule has 2 aromatic carbocycles. The highest BCUT2D eigenvalue weighted by Gasteiger charge is 2.47. The fraction of sp³-hybridized carbons (Fsp3) is 0.438.